The minimum Gasteiger partial charge on any atom is -0.248 e. The van der Waals surface area contributed by atoms with Crippen LogP contribution in [0.3, 0.4) is 0 Å². The first-order valence-electron chi connectivity index (χ1n) is 6.24. The minimum atomic E-state index is 0.186. The van der Waals surface area contributed by atoms with Crippen LogP contribution < -0.4 is 0 Å². The molecule has 0 fully saturated rings. The maximum Gasteiger partial charge on any atom is 0.145 e. The third kappa shape index (κ3) is 2.80. The Labute approximate surface area is 118 Å². The fourth-order valence-electron chi connectivity index (χ4n) is 2.05. The lowest BCUT2D eigenvalue weighted by Crippen LogP contribution is -2.03. The normalized spacial score (nSPS) is 10.7. The van der Waals surface area contributed by atoms with Crippen molar-refractivity contribution in [3.63, 3.8) is 0 Å². The smallest absolute Gasteiger partial charge is 0.145 e. The molecule has 0 atom stereocenters. The predicted octanol–water partition coefficient (Wildman–Crippen LogP) is 3.89. The fraction of sp³-hybridized carbons (Fsp3) is 0.333. The van der Waals surface area contributed by atoms with E-state index in [1.54, 1.807) is 4.68 Å². The van der Waals surface area contributed by atoms with Gasteiger partial charge in [-0.3, -0.25) is 0 Å². The average molecular weight is 274 g/mol. The van der Waals surface area contributed by atoms with Gasteiger partial charge in [0.15, 0.2) is 0 Å². The molecule has 4 heteroatoms. The molecule has 3 nitrogen and oxygen atoms in total. The summed E-state index contributed by atoms with van der Waals surface area (Å²) in [5.41, 5.74) is 3.58. The van der Waals surface area contributed by atoms with E-state index in [9.17, 15) is 5.26 Å². The van der Waals surface area contributed by atoms with Gasteiger partial charge in [-0.15, -0.1) is 0 Å². The first-order chi connectivity index (χ1) is 9.02. The topological polar surface area (TPSA) is 41.6 Å². The molecule has 1 aromatic heterocycles. The van der Waals surface area contributed by atoms with Gasteiger partial charge < -0.3 is 0 Å². The van der Waals surface area contributed by atoms with Crippen LogP contribution in [0.2, 0.25) is 5.15 Å². The van der Waals surface area contributed by atoms with Gasteiger partial charge in [0.05, 0.1) is 12.2 Å². The maximum atomic E-state index is 9.18. The lowest BCUT2D eigenvalue weighted by Gasteiger charge is -2.04. The summed E-state index contributed by atoms with van der Waals surface area (Å²) in [5, 5.41) is 14.1. The molecule has 0 saturated carbocycles. The zero-order chi connectivity index (χ0) is 14.0. The Morgan fingerprint density at radius 1 is 1.42 bits per heavy atom. The fourth-order valence-corrected chi connectivity index (χ4v) is 2.29. The molecule has 0 unspecified atom stereocenters. The number of rotatable bonds is 3. The van der Waals surface area contributed by atoms with E-state index in [1.807, 2.05) is 26.0 Å². The Morgan fingerprint density at radius 3 is 2.68 bits per heavy atom. The highest BCUT2D eigenvalue weighted by molar-refractivity contribution is 6.30. The van der Waals surface area contributed by atoms with Gasteiger partial charge in [0.1, 0.15) is 16.8 Å². The monoisotopic (exact) mass is 273 g/mol. The van der Waals surface area contributed by atoms with Crippen LogP contribution >= 0.6 is 11.6 Å². The second kappa shape index (κ2) is 5.46. The third-order valence-corrected chi connectivity index (χ3v) is 3.38. The van der Waals surface area contributed by atoms with Gasteiger partial charge in [-0.1, -0.05) is 55.3 Å². The van der Waals surface area contributed by atoms with Crippen LogP contribution in [0.5, 0.6) is 0 Å². The summed E-state index contributed by atoms with van der Waals surface area (Å²) in [5.74, 6) is 0.186. The molecule has 0 radical (unpaired) electrons. The molecule has 1 heterocycles. The van der Waals surface area contributed by atoms with Gasteiger partial charge in [0, 0.05) is 0 Å². The summed E-state index contributed by atoms with van der Waals surface area (Å²) in [6, 6.07) is 10.3. The number of halogens is 1. The highest BCUT2D eigenvalue weighted by atomic mass is 35.5. The highest BCUT2D eigenvalue weighted by Gasteiger charge is 2.18. The van der Waals surface area contributed by atoms with E-state index in [1.165, 1.54) is 5.56 Å². The Bertz CT molecular complexity index is 635. The number of aromatic nitrogens is 2. The van der Waals surface area contributed by atoms with Crippen molar-refractivity contribution in [1.29, 1.82) is 5.26 Å². The lowest BCUT2D eigenvalue weighted by atomic mass is 10.1. The van der Waals surface area contributed by atoms with E-state index < -0.39 is 0 Å². The second-order valence-electron chi connectivity index (χ2n) is 4.96. The summed E-state index contributed by atoms with van der Waals surface area (Å²) in [4.78, 5) is 0. The predicted molar refractivity (Wildman–Crippen MR) is 76.3 cm³/mol. The van der Waals surface area contributed by atoms with Gasteiger partial charge >= 0.3 is 0 Å². The van der Waals surface area contributed by atoms with Crippen molar-refractivity contribution < 1.29 is 0 Å². The van der Waals surface area contributed by atoms with E-state index >= 15 is 0 Å². The molecule has 0 N–H and O–H groups in total. The highest BCUT2D eigenvalue weighted by Crippen LogP contribution is 2.25. The van der Waals surface area contributed by atoms with Crippen LogP contribution in [0.25, 0.3) is 0 Å². The van der Waals surface area contributed by atoms with E-state index in [0.717, 1.165) is 11.3 Å². The van der Waals surface area contributed by atoms with Gasteiger partial charge in [0.2, 0.25) is 0 Å². The van der Waals surface area contributed by atoms with Crippen molar-refractivity contribution in [1.82, 2.24) is 9.78 Å². The molecule has 1 aromatic carbocycles. The molecule has 0 spiro atoms. The summed E-state index contributed by atoms with van der Waals surface area (Å²) in [6.07, 6.45) is 0. The largest absolute Gasteiger partial charge is 0.248 e. The maximum absolute atomic E-state index is 9.18. The number of hydrogen-bond acceptors (Lipinski definition) is 2. The van der Waals surface area contributed by atoms with Crippen molar-refractivity contribution in [3.8, 4) is 6.07 Å². The van der Waals surface area contributed by atoms with Crippen LogP contribution in [0.15, 0.2) is 24.3 Å². The Morgan fingerprint density at radius 2 is 2.16 bits per heavy atom. The zero-order valence-electron chi connectivity index (χ0n) is 11.3. The van der Waals surface area contributed by atoms with Crippen LogP contribution in [-0.2, 0) is 6.54 Å². The summed E-state index contributed by atoms with van der Waals surface area (Å²) < 4.78 is 1.70. The molecule has 98 valence electrons. The number of nitrogens with zero attached hydrogens (tertiary/aromatic N) is 3. The molecular weight excluding hydrogens is 258 g/mol. The zero-order valence-corrected chi connectivity index (χ0v) is 12.1. The number of hydrogen-bond donors (Lipinski definition) is 0. The van der Waals surface area contributed by atoms with Gasteiger partial charge in [0.25, 0.3) is 0 Å². The van der Waals surface area contributed by atoms with E-state index in [2.05, 4.69) is 30.2 Å². The molecule has 0 saturated heterocycles. The summed E-state index contributed by atoms with van der Waals surface area (Å²) in [6.45, 7) is 6.66. The molecule has 0 amide bonds. The second-order valence-corrected chi connectivity index (χ2v) is 5.32. The van der Waals surface area contributed by atoms with Crippen molar-refractivity contribution in [2.45, 2.75) is 33.2 Å². The van der Waals surface area contributed by atoms with Gasteiger partial charge in [-0.05, 0) is 18.4 Å². The SMILES string of the molecule is Cc1cccc(Cn2nc(C(C)C)c(C#N)c2Cl)c1. The van der Waals surface area contributed by atoms with Crippen molar-refractivity contribution in [3.05, 3.63) is 51.8 Å². The summed E-state index contributed by atoms with van der Waals surface area (Å²) in [7, 11) is 0. The number of aryl methyl sites for hydroxylation is 1. The molecule has 0 bridgehead atoms. The first kappa shape index (κ1) is 13.6. The van der Waals surface area contributed by atoms with Gasteiger partial charge in [-0.2, -0.15) is 10.4 Å². The molecule has 19 heavy (non-hydrogen) atoms. The first-order valence-corrected chi connectivity index (χ1v) is 6.62. The molecule has 2 aromatic rings. The molecule has 2 rings (SSSR count). The Balaban J connectivity index is 2.39. The molecular formula is C15H16ClN3. The Kier molecular flexibility index (Phi) is 3.92. The van der Waals surface area contributed by atoms with Crippen LogP contribution in [0.4, 0.5) is 0 Å². The summed E-state index contributed by atoms with van der Waals surface area (Å²) >= 11 is 6.24. The van der Waals surface area contributed by atoms with E-state index in [4.69, 9.17) is 11.6 Å². The molecule has 0 aliphatic rings. The van der Waals surface area contributed by atoms with Crippen molar-refractivity contribution >= 4 is 11.6 Å². The number of nitriles is 1. The van der Waals surface area contributed by atoms with E-state index in [0.29, 0.717) is 17.3 Å². The third-order valence-electron chi connectivity index (χ3n) is 2.99. The Hall–Kier alpha value is -1.79. The molecule has 0 aliphatic heterocycles. The van der Waals surface area contributed by atoms with Crippen LogP contribution in [0.1, 0.15) is 42.1 Å². The molecule has 0 aliphatic carbocycles. The van der Waals surface area contributed by atoms with Crippen LogP contribution in [-0.4, -0.2) is 9.78 Å². The standard InChI is InChI=1S/C15H16ClN3/c1-10(2)14-13(8-17)15(16)19(18-14)9-12-6-4-5-11(3)7-12/h4-7,10H,9H2,1-3H3. The van der Waals surface area contributed by atoms with Crippen LogP contribution in [0, 0.1) is 18.3 Å². The van der Waals surface area contributed by atoms with Crippen molar-refractivity contribution in [2.75, 3.05) is 0 Å². The minimum absolute atomic E-state index is 0.186. The average Bonchev–Trinajstić information content (AvgIpc) is 2.66. The van der Waals surface area contributed by atoms with Crippen molar-refractivity contribution in [2.24, 2.45) is 0 Å². The van der Waals surface area contributed by atoms with E-state index in [-0.39, 0.29) is 5.92 Å². The number of benzene rings is 1. The quantitative estimate of drug-likeness (QED) is 0.851. The lowest BCUT2D eigenvalue weighted by molar-refractivity contribution is 0.657. The van der Waals surface area contributed by atoms with Gasteiger partial charge in [-0.25, -0.2) is 4.68 Å².